The molecule has 1 aliphatic rings. The van der Waals surface area contributed by atoms with Gasteiger partial charge in [0.15, 0.2) is 15.9 Å². The van der Waals surface area contributed by atoms with Crippen molar-refractivity contribution < 1.29 is 27.1 Å². The zero-order valence-electron chi connectivity index (χ0n) is 18.6. The molecule has 2 heterocycles. The molecule has 0 saturated carbocycles. The predicted molar refractivity (Wildman–Crippen MR) is 124 cm³/mol. The molecule has 8 nitrogen and oxygen atoms in total. The Labute approximate surface area is 191 Å². The Hall–Kier alpha value is -3.33. The highest BCUT2D eigenvalue weighted by Crippen LogP contribution is 2.28. The first-order chi connectivity index (χ1) is 15.6. The quantitative estimate of drug-likeness (QED) is 0.543. The number of para-hydroxylation sites is 1. The highest BCUT2D eigenvalue weighted by molar-refractivity contribution is 7.91. The maximum absolute atomic E-state index is 12.9. The van der Waals surface area contributed by atoms with Gasteiger partial charge in [0.1, 0.15) is 22.8 Å². The van der Waals surface area contributed by atoms with Gasteiger partial charge in [-0.15, -0.1) is 0 Å². The van der Waals surface area contributed by atoms with Gasteiger partial charge in [0.2, 0.25) is 11.2 Å². The molecule has 0 spiro atoms. The number of fused-ring (bicyclic) bond motifs is 1. The summed E-state index contributed by atoms with van der Waals surface area (Å²) < 4.78 is 40.8. The molecule has 2 atom stereocenters. The first kappa shape index (κ1) is 22.8. The van der Waals surface area contributed by atoms with Crippen molar-refractivity contribution in [2.75, 3.05) is 18.6 Å². The van der Waals surface area contributed by atoms with E-state index in [2.05, 4.69) is 0 Å². The van der Waals surface area contributed by atoms with E-state index < -0.39 is 15.9 Å². The lowest BCUT2D eigenvalue weighted by molar-refractivity contribution is -0.138. The minimum atomic E-state index is -3.10. The Kier molecular flexibility index (Phi) is 6.16. The van der Waals surface area contributed by atoms with Crippen molar-refractivity contribution in [3.05, 3.63) is 64.5 Å². The van der Waals surface area contributed by atoms with Crippen LogP contribution < -0.4 is 14.9 Å². The van der Waals surface area contributed by atoms with Crippen LogP contribution in [-0.4, -0.2) is 49.9 Å². The minimum Gasteiger partial charge on any atom is -0.481 e. The summed E-state index contributed by atoms with van der Waals surface area (Å²) >= 11 is 0. The number of benzene rings is 2. The highest BCUT2D eigenvalue weighted by atomic mass is 32.2. The van der Waals surface area contributed by atoms with Crippen LogP contribution in [0.2, 0.25) is 0 Å². The Morgan fingerprint density at radius 1 is 1.15 bits per heavy atom. The van der Waals surface area contributed by atoms with Crippen molar-refractivity contribution in [2.24, 2.45) is 0 Å². The summed E-state index contributed by atoms with van der Waals surface area (Å²) in [5.74, 6) is 1.05. The van der Waals surface area contributed by atoms with Crippen LogP contribution in [0.5, 0.6) is 17.2 Å². The Bertz CT molecular complexity index is 1350. The fourth-order valence-corrected chi connectivity index (χ4v) is 5.64. The standard InChI is InChI=1S/C24H25NO7S/c1-15-23(32-18-7-5-4-6-8-18)22(26)20-10-9-19(13-21(20)31-15)30-16(2)24(27)25(3)17-11-12-33(28,29)14-17/h4-10,13,16-17H,11-12,14H2,1-3H3/t16-,17-/m1/s1. The van der Waals surface area contributed by atoms with Crippen molar-refractivity contribution in [2.45, 2.75) is 32.4 Å². The molecule has 1 aromatic heterocycles. The average molecular weight is 472 g/mol. The second-order valence-corrected chi connectivity index (χ2v) is 10.4. The molecule has 0 N–H and O–H groups in total. The molecular formula is C24H25NO7S. The summed E-state index contributed by atoms with van der Waals surface area (Å²) in [5.41, 5.74) is 0.000700. The van der Waals surface area contributed by atoms with E-state index in [1.54, 1.807) is 51.2 Å². The summed E-state index contributed by atoms with van der Waals surface area (Å²) in [6.07, 6.45) is -0.422. The molecule has 4 rings (SSSR count). The Morgan fingerprint density at radius 2 is 1.88 bits per heavy atom. The lowest BCUT2D eigenvalue weighted by Gasteiger charge is -2.26. The van der Waals surface area contributed by atoms with Crippen LogP contribution in [0.3, 0.4) is 0 Å². The normalized spacial score (nSPS) is 18.1. The number of hydrogen-bond donors (Lipinski definition) is 0. The molecule has 0 unspecified atom stereocenters. The van der Waals surface area contributed by atoms with Gasteiger partial charge in [-0.05, 0) is 44.5 Å². The van der Waals surface area contributed by atoms with Crippen molar-refractivity contribution >= 4 is 26.7 Å². The molecule has 1 fully saturated rings. The molecule has 174 valence electrons. The SMILES string of the molecule is Cc1oc2cc(O[C@H](C)C(=O)N(C)[C@@H]3CCS(=O)(=O)C3)ccc2c(=O)c1Oc1ccccc1. The maximum Gasteiger partial charge on any atom is 0.263 e. The number of likely N-dealkylation sites (N-methyl/N-ethyl adjacent to an activating group) is 1. The second-order valence-electron chi connectivity index (χ2n) is 8.16. The zero-order chi connectivity index (χ0) is 23.8. The molecule has 33 heavy (non-hydrogen) atoms. The molecule has 0 radical (unpaired) electrons. The van der Waals surface area contributed by atoms with E-state index in [4.69, 9.17) is 13.9 Å². The predicted octanol–water partition coefficient (Wildman–Crippen LogP) is 3.31. The third kappa shape index (κ3) is 4.88. The highest BCUT2D eigenvalue weighted by Gasteiger charge is 2.34. The van der Waals surface area contributed by atoms with Crippen LogP contribution in [0, 0.1) is 6.92 Å². The number of sulfone groups is 1. The van der Waals surface area contributed by atoms with Gasteiger partial charge in [0.25, 0.3) is 5.91 Å². The monoisotopic (exact) mass is 471 g/mol. The van der Waals surface area contributed by atoms with Crippen LogP contribution in [0.4, 0.5) is 0 Å². The second kappa shape index (κ2) is 8.90. The van der Waals surface area contributed by atoms with Crippen LogP contribution in [0.25, 0.3) is 11.0 Å². The van der Waals surface area contributed by atoms with Gasteiger partial charge in [-0.1, -0.05) is 18.2 Å². The lowest BCUT2D eigenvalue weighted by atomic mass is 10.2. The number of amides is 1. The van der Waals surface area contributed by atoms with E-state index in [1.165, 1.54) is 4.90 Å². The van der Waals surface area contributed by atoms with Gasteiger partial charge in [-0.3, -0.25) is 9.59 Å². The Balaban J connectivity index is 1.52. The molecule has 3 aromatic rings. The zero-order valence-corrected chi connectivity index (χ0v) is 19.4. The fourth-order valence-electron chi connectivity index (χ4n) is 3.87. The number of nitrogens with zero attached hydrogens (tertiary/aromatic N) is 1. The van der Waals surface area contributed by atoms with E-state index >= 15 is 0 Å². The van der Waals surface area contributed by atoms with Crippen molar-refractivity contribution in [1.29, 1.82) is 0 Å². The number of aryl methyl sites for hydroxylation is 1. The average Bonchev–Trinajstić information content (AvgIpc) is 3.15. The number of ether oxygens (including phenoxy) is 2. The number of hydrogen-bond acceptors (Lipinski definition) is 7. The van der Waals surface area contributed by atoms with Crippen LogP contribution in [-0.2, 0) is 14.6 Å². The van der Waals surface area contributed by atoms with Crippen molar-refractivity contribution in [3.63, 3.8) is 0 Å². The lowest BCUT2D eigenvalue weighted by Crippen LogP contribution is -2.44. The van der Waals surface area contributed by atoms with Gasteiger partial charge in [-0.2, -0.15) is 0 Å². The summed E-state index contributed by atoms with van der Waals surface area (Å²) in [5, 5.41) is 0.325. The van der Waals surface area contributed by atoms with E-state index in [1.807, 2.05) is 18.2 Å². The first-order valence-corrected chi connectivity index (χ1v) is 12.4. The van der Waals surface area contributed by atoms with Gasteiger partial charge in [-0.25, -0.2) is 8.42 Å². The summed E-state index contributed by atoms with van der Waals surface area (Å²) in [4.78, 5) is 27.1. The minimum absolute atomic E-state index is 0.0320. The first-order valence-electron chi connectivity index (χ1n) is 10.6. The number of carbonyl (C=O) groups excluding carboxylic acids is 1. The van der Waals surface area contributed by atoms with Gasteiger partial charge < -0.3 is 18.8 Å². The van der Waals surface area contributed by atoms with E-state index in [0.29, 0.717) is 34.6 Å². The number of rotatable bonds is 6. The van der Waals surface area contributed by atoms with E-state index in [-0.39, 0.29) is 34.6 Å². The molecule has 0 aliphatic carbocycles. The summed E-state index contributed by atoms with van der Waals surface area (Å²) in [6, 6.07) is 13.3. The molecule has 1 saturated heterocycles. The largest absolute Gasteiger partial charge is 0.481 e. The molecular weight excluding hydrogens is 446 g/mol. The molecule has 0 bridgehead atoms. The molecule has 1 aliphatic heterocycles. The topological polar surface area (TPSA) is 103 Å². The number of carbonyl (C=O) groups is 1. The van der Waals surface area contributed by atoms with E-state index in [0.717, 1.165) is 0 Å². The third-order valence-electron chi connectivity index (χ3n) is 5.71. The van der Waals surface area contributed by atoms with Gasteiger partial charge in [0, 0.05) is 19.2 Å². The Morgan fingerprint density at radius 3 is 2.55 bits per heavy atom. The smallest absolute Gasteiger partial charge is 0.263 e. The third-order valence-corrected chi connectivity index (χ3v) is 7.46. The van der Waals surface area contributed by atoms with E-state index in [9.17, 15) is 18.0 Å². The van der Waals surface area contributed by atoms with Gasteiger partial charge in [0.05, 0.1) is 16.9 Å². The molecule has 9 heteroatoms. The molecule has 1 amide bonds. The van der Waals surface area contributed by atoms with Crippen molar-refractivity contribution in [1.82, 2.24) is 4.90 Å². The summed E-state index contributed by atoms with van der Waals surface area (Å²) in [6.45, 7) is 3.24. The maximum atomic E-state index is 12.9. The summed E-state index contributed by atoms with van der Waals surface area (Å²) in [7, 11) is -1.51. The van der Waals surface area contributed by atoms with Crippen LogP contribution >= 0.6 is 0 Å². The van der Waals surface area contributed by atoms with Crippen LogP contribution in [0.15, 0.2) is 57.7 Å². The van der Waals surface area contributed by atoms with Crippen molar-refractivity contribution in [3.8, 4) is 17.2 Å². The van der Waals surface area contributed by atoms with Crippen LogP contribution in [0.1, 0.15) is 19.1 Å². The fraction of sp³-hybridized carbons (Fsp3) is 0.333. The molecule has 2 aromatic carbocycles. The van der Waals surface area contributed by atoms with Gasteiger partial charge >= 0.3 is 0 Å².